The number of aliphatic hydroxyl groups is 4. The number of esters is 1. The minimum atomic E-state index is -1.16. The van der Waals surface area contributed by atoms with Crippen LogP contribution < -0.4 is 16.0 Å². The minimum absolute atomic E-state index is 0.0178. The Morgan fingerprint density at radius 2 is 1.39 bits per heavy atom. The molecule has 14 heteroatoms. The highest BCUT2D eigenvalue weighted by Gasteiger charge is 2.27. The van der Waals surface area contributed by atoms with Crippen LogP contribution in [0.1, 0.15) is 34.6 Å². The van der Waals surface area contributed by atoms with E-state index in [9.17, 15) is 39.6 Å². The molecule has 0 bridgehead atoms. The van der Waals surface area contributed by atoms with Crippen molar-refractivity contribution >= 4 is 74.6 Å². The van der Waals surface area contributed by atoms with Gasteiger partial charge in [-0.25, -0.2) is 0 Å². The van der Waals surface area contributed by atoms with Crippen molar-refractivity contribution in [3.05, 3.63) is 24.3 Å². The standard InChI is InChI=1S/C19H25I2N3O9/c1-8(33-9(2)29)17(30)24-13-3-12(18(31)22-10(4-25)5-26)15(20)14(16(13)21)19(32)23-11(6-27)7-28/h3,8,10-11,25-28H,4-7H2,1-2H3,(H,22,31)(H,23,32)(H,24,30)/t8-/m0/s1. The first-order valence-corrected chi connectivity index (χ1v) is 11.7. The zero-order chi connectivity index (χ0) is 25.3. The lowest BCUT2D eigenvalue weighted by Gasteiger charge is -2.21. The summed E-state index contributed by atoms with van der Waals surface area (Å²) < 4.78 is 5.27. The SMILES string of the molecule is CC(=O)O[C@@H](C)C(=O)Nc1cc(C(=O)NC(CO)CO)c(I)c(C(=O)NC(CO)CO)c1I. The fourth-order valence-electron chi connectivity index (χ4n) is 2.45. The average Bonchev–Trinajstić information content (AvgIpc) is 2.76. The fourth-order valence-corrected chi connectivity index (χ4v) is 4.68. The van der Waals surface area contributed by atoms with Gasteiger partial charge in [0.15, 0.2) is 6.10 Å². The smallest absolute Gasteiger partial charge is 0.303 e. The summed E-state index contributed by atoms with van der Waals surface area (Å²) in [6, 6.07) is -0.619. The molecule has 33 heavy (non-hydrogen) atoms. The van der Waals surface area contributed by atoms with E-state index < -0.39 is 68.3 Å². The lowest BCUT2D eigenvalue weighted by atomic mass is 10.1. The summed E-state index contributed by atoms with van der Waals surface area (Å²) in [6.07, 6.45) is -1.16. The highest BCUT2D eigenvalue weighted by atomic mass is 127. The Balaban J connectivity index is 3.51. The number of amides is 3. The third-order valence-electron chi connectivity index (χ3n) is 4.19. The van der Waals surface area contributed by atoms with Crippen molar-refractivity contribution in [2.24, 2.45) is 0 Å². The first-order valence-electron chi connectivity index (χ1n) is 9.55. The van der Waals surface area contributed by atoms with Crippen molar-refractivity contribution in [2.45, 2.75) is 32.0 Å². The molecule has 1 aromatic rings. The third-order valence-corrected chi connectivity index (χ3v) is 6.44. The number of halogens is 2. The monoisotopic (exact) mass is 693 g/mol. The molecular formula is C19H25I2N3O9. The van der Waals surface area contributed by atoms with E-state index in [4.69, 9.17) is 4.74 Å². The number of benzene rings is 1. The fraction of sp³-hybridized carbons (Fsp3) is 0.474. The molecule has 1 rings (SSSR count). The van der Waals surface area contributed by atoms with E-state index >= 15 is 0 Å². The van der Waals surface area contributed by atoms with E-state index in [1.54, 1.807) is 45.2 Å². The maximum atomic E-state index is 12.9. The van der Waals surface area contributed by atoms with E-state index in [1.165, 1.54) is 13.0 Å². The molecule has 0 fully saturated rings. The Bertz CT molecular complexity index is 890. The first-order chi connectivity index (χ1) is 15.5. The summed E-state index contributed by atoms with van der Waals surface area (Å²) in [5.74, 6) is -2.85. The van der Waals surface area contributed by atoms with E-state index in [0.717, 1.165) is 6.92 Å². The van der Waals surface area contributed by atoms with Crippen molar-refractivity contribution in [3.8, 4) is 0 Å². The number of hydrogen-bond acceptors (Lipinski definition) is 9. The van der Waals surface area contributed by atoms with Gasteiger partial charge in [-0.1, -0.05) is 0 Å². The number of ether oxygens (including phenoxy) is 1. The molecule has 0 saturated heterocycles. The van der Waals surface area contributed by atoms with Gasteiger partial charge in [-0.05, 0) is 58.2 Å². The molecule has 3 amide bonds. The summed E-state index contributed by atoms with van der Waals surface area (Å²) >= 11 is 3.55. The van der Waals surface area contributed by atoms with Crippen molar-refractivity contribution in [2.75, 3.05) is 31.7 Å². The molecular weight excluding hydrogens is 668 g/mol. The number of nitrogens with one attached hydrogen (secondary N) is 3. The van der Waals surface area contributed by atoms with Crippen LogP contribution in [0.3, 0.4) is 0 Å². The molecule has 1 atom stereocenters. The van der Waals surface area contributed by atoms with Crippen LogP contribution in [0, 0.1) is 7.14 Å². The van der Waals surface area contributed by atoms with Gasteiger partial charge >= 0.3 is 5.97 Å². The van der Waals surface area contributed by atoms with E-state index in [2.05, 4.69) is 16.0 Å². The Kier molecular flexibility index (Phi) is 12.4. The second-order valence-electron chi connectivity index (χ2n) is 6.79. The van der Waals surface area contributed by atoms with Crippen LogP contribution in [0.2, 0.25) is 0 Å². The number of rotatable bonds is 11. The molecule has 12 nitrogen and oxygen atoms in total. The summed E-state index contributed by atoms with van der Waals surface area (Å²) in [7, 11) is 0. The average molecular weight is 693 g/mol. The molecule has 0 saturated carbocycles. The Labute approximate surface area is 216 Å². The quantitative estimate of drug-likeness (QED) is 0.112. The van der Waals surface area contributed by atoms with Crippen LogP contribution in [-0.2, 0) is 14.3 Å². The van der Waals surface area contributed by atoms with Gasteiger partial charge in [-0.15, -0.1) is 0 Å². The van der Waals surface area contributed by atoms with Gasteiger partial charge in [0.05, 0.1) is 58.9 Å². The molecule has 184 valence electrons. The van der Waals surface area contributed by atoms with Crippen LogP contribution in [0.15, 0.2) is 6.07 Å². The molecule has 0 aliphatic carbocycles. The first kappa shape index (κ1) is 29.4. The largest absolute Gasteiger partial charge is 0.453 e. The number of carbonyl (C=O) groups excluding carboxylic acids is 4. The maximum Gasteiger partial charge on any atom is 0.303 e. The molecule has 0 aliphatic rings. The third kappa shape index (κ3) is 8.29. The van der Waals surface area contributed by atoms with E-state index in [-0.39, 0.29) is 24.0 Å². The number of hydrogen-bond donors (Lipinski definition) is 7. The summed E-state index contributed by atoms with van der Waals surface area (Å²) in [5, 5.41) is 44.4. The number of aliphatic hydroxyl groups excluding tert-OH is 4. The van der Waals surface area contributed by atoms with Gasteiger partial charge in [0, 0.05) is 10.5 Å². The van der Waals surface area contributed by atoms with Gasteiger partial charge in [0.1, 0.15) is 0 Å². The normalized spacial score (nSPS) is 11.8. The molecule has 0 unspecified atom stereocenters. The van der Waals surface area contributed by atoms with E-state index in [0.29, 0.717) is 0 Å². The van der Waals surface area contributed by atoms with Crippen LogP contribution in [-0.4, -0.2) is 88.7 Å². The topological polar surface area (TPSA) is 195 Å². The van der Waals surface area contributed by atoms with Gasteiger partial charge in [-0.3, -0.25) is 19.2 Å². The Morgan fingerprint density at radius 3 is 1.85 bits per heavy atom. The molecule has 7 N–H and O–H groups in total. The lowest BCUT2D eigenvalue weighted by molar-refractivity contribution is -0.150. The zero-order valence-corrected chi connectivity index (χ0v) is 22.0. The molecule has 0 spiro atoms. The number of carbonyl (C=O) groups is 4. The maximum absolute atomic E-state index is 12.9. The molecule has 0 heterocycles. The Morgan fingerprint density at radius 1 is 0.909 bits per heavy atom. The molecule has 0 aliphatic heterocycles. The van der Waals surface area contributed by atoms with E-state index in [1.807, 2.05) is 0 Å². The predicted molar refractivity (Wildman–Crippen MR) is 133 cm³/mol. The molecule has 0 aromatic heterocycles. The van der Waals surface area contributed by atoms with Gasteiger partial charge < -0.3 is 41.1 Å². The van der Waals surface area contributed by atoms with Crippen molar-refractivity contribution in [1.29, 1.82) is 0 Å². The van der Waals surface area contributed by atoms with Crippen LogP contribution in [0.25, 0.3) is 0 Å². The van der Waals surface area contributed by atoms with Crippen LogP contribution >= 0.6 is 45.2 Å². The van der Waals surface area contributed by atoms with Crippen molar-refractivity contribution < 1.29 is 44.3 Å². The zero-order valence-electron chi connectivity index (χ0n) is 17.7. The summed E-state index contributed by atoms with van der Waals surface area (Å²) in [6.45, 7) is 0.351. The number of anilines is 1. The second-order valence-corrected chi connectivity index (χ2v) is 8.94. The highest BCUT2D eigenvalue weighted by molar-refractivity contribution is 14.1. The van der Waals surface area contributed by atoms with Gasteiger partial charge in [0.25, 0.3) is 17.7 Å². The summed E-state index contributed by atoms with van der Waals surface area (Å²) in [5.41, 5.74) is -0.00630. The molecule has 1 aromatic carbocycles. The Hall–Kier alpha value is -1.60. The predicted octanol–water partition coefficient (Wildman–Crippen LogP) is -1.05. The van der Waals surface area contributed by atoms with Crippen LogP contribution in [0.5, 0.6) is 0 Å². The van der Waals surface area contributed by atoms with Crippen molar-refractivity contribution in [1.82, 2.24) is 10.6 Å². The van der Waals surface area contributed by atoms with Crippen molar-refractivity contribution in [3.63, 3.8) is 0 Å². The summed E-state index contributed by atoms with van der Waals surface area (Å²) in [4.78, 5) is 49.3. The molecule has 0 radical (unpaired) electrons. The van der Waals surface area contributed by atoms with Crippen LogP contribution in [0.4, 0.5) is 5.69 Å². The lowest BCUT2D eigenvalue weighted by Crippen LogP contribution is -2.42. The van der Waals surface area contributed by atoms with Gasteiger partial charge in [-0.2, -0.15) is 0 Å². The highest BCUT2D eigenvalue weighted by Crippen LogP contribution is 2.31. The minimum Gasteiger partial charge on any atom is -0.453 e. The second kappa shape index (κ2) is 14.0. The van der Waals surface area contributed by atoms with Gasteiger partial charge in [0.2, 0.25) is 0 Å².